The quantitative estimate of drug-likeness (QED) is 0.207. The highest BCUT2D eigenvalue weighted by atomic mass is 28.4. The molecule has 2 aliphatic carbocycles. The van der Waals surface area contributed by atoms with Crippen molar-refractivity contribution in [3.05, 3.63) is 60.2 Å². The zero-order valence-electron chi connectivity index (χ0n) is 23.0. The molecule has 2 aliphatic rings. The van der Waals surface area contributed by atoms with Gasteiger partial charge in [-0.15, -0.1) is 0 Å². The molecule has 0 saturated heterocycles. The van der Waals surface area contributed by atoms with E-state index in [4.69, 9.17) is 4.43 Å². The van der Waals surface area contributed by atoms with Crippen molar-refractivity contribution < 1.29 is 9.22 Å². The van der Waals surface area contributed by atoms with Crippen LogP contribution >= 0.6 is 0 Å². The second kappa shape index (κ2) is 11.4. The number of Topliss-reactive ketones (excluding diaryl/α,β-unsaturated/α-hetero) is 1. The van der Waals surface area contributed by atoms with Gasteiger partial charge in [0.15, 0.2) is 8.32 Å². The molecule has 2 nitrogen and oxygen atoms in total. The standard InChI is InChI=1S/C32H46O2Si/c1-30(2,3)35(5,6)34-28(19-10-12-21-31(4)22-13-11-20-29(31)33)26-32(24-15-25-32)23-14-18-27-16-8-7-9-17-27/h7-10,12,16-17,19,21,28H,11,13,15,20,22-26H2,1-6H3/b19-10+,21-12+/t28?,31-/m1/s1. The van der Waals surface area contributed by atoms with Gasteiger partial charge in [-0.05, 0) is 74.7 Å². The summed E-state index contributed by atoms with van der Waals surface area (Å²) in [5.74, 6) is 7.24. The molecule has 3 rings (SSSR count). The Hall–Kier alpha value is -1.89. The minimum atomic E-state index is -1.92. The molecule has 0 aliphatic heterocycles. The lowest BCUT2D eigenvalue weighted by Gasteiger charge is -2.45. The molecule has 0 bridgehead atoms. The average Bonchev–Trinajstić information content (AvgIpc) is 2.76. The summed E-state index contributed by atoms with van der Waals surface area (Å²) in [5, 5.41) is 0.164. The summed E-state index contributed by atoms with van der Waals surface area (Å²) in [4.78, 5) is 12.5. The molecule has 0 aromatic heterocycles. The molecule has 1 unspecified atom stereocenters. The molecule has 190 valence electrons. The van der Waals surface area contributed by atoms with Crippen molar-refractivity contribution in [1.29, 1.82) is 0 Å². The van der Waals surface area contributed by atoms with Crippen LogP contribution < -0.4 is 0 Å². The highest BCUT2D eigenvalue weighted by molar-refractivity contribution is 6.74. The molecule has 1 aromatic carbocycles. The molecule has 35 heavy (non-hydrogen) atoms. The zero-order valence-corrected chi connectivity index (χ0v) is 24.0. The summed E-state index contributed by atoms with van der Waals surface area (Å²) in [6.45, 7) is 13.7. The summed E-state index contributed by atoms with van der Waals surface area (Å²) in [6, 6.07) is 10.3. The highest BCUT2D eigenvalue weighted by Crippen LogP contribution is 2.49. The van der Waals surface area contributed by atoms with E-state index in [0.717, 1.165) is 37.7 Å². The van der Waals surface area contributed by atoms with Crippen molar-refractivity contribution in [2.75, 3.05) is 0 Å². The Morgan fingerprint density at radius 1 is 1.06 bits per heavy atom. The first-order valence-corrected chi connectivity index (χ1v) is 16.5. The van der Waals surface area contributed by atoms with Crippen LogP contribution in [0.15, 0.2) is 54.6 Å². The monoisotopic (exact) mass is 490 g/mol. The Morgan fingerprint density at radius 2 is 1.77 bits per heavy atom. The minimum Gasteiger partial charge on any atom is -0.411 e. The molecule has 0 spiro atoms. The van der Waals surface area contributed by atoms with Gasteiger partial charge in [-0.3, -0.25) is 4.79 Å². The molecule has 0 heterocycles. The first-order valence-electron chi connectivity index (χ1n) is 13.6. The fourth-order valence-corrected chi connectivity index (χ4v) is 6.22. The van der Waals surface area contributed by atoms with Crippen molar-refractivity contribution in [3.63, 3.8) is 0 Å². The Balaban J connectivity index is 1.74. The number of ketones is 1. The maximum absolute atomic E-state index is 12.5. The van der Waals surface area contributed by atoms with Gasteiger partial charge in [0.2, 0.25) is 0 Å². The van der Waals surface area contributed by atoms with Gasteiger partial charge >= 0.3 is 0 Å². The topological polar surface area (TPSA) is 26.3 Å². The largest absolute Gasteiger partial charge is 0.411 e. The fourth-order valence-electron chi connectivity index (χ4n) is 4.95. The number of allylic oxidation sites excluding steroid dienone is 3. The van der Waals surface area contributed by atoms with E-state index in [1.807, 2.05) is 18.2 Å². The van der Waals surface area contributed by atoms with Crippen LogP contribution in [-0.4, -0.2) is 20.2 Å². The number of carbonyl (C=O) groups is 1. The number of carbonyl (C=O) groups excluding carboxylic acids is 1. The predicted octanol–water partition coefficient (Wildman–Crippen LogP) is 8.64. The van der Waals surface area contributed by atoms with Gasteiger partial charge in [0, 0.05) is 23.8 Å². The zero-order chi connectivity index (χ0) is 25.6. The Labute approximate surface area is 215 Å². The van der Waals surface area contributed by atoms with Crippen molar-refractivity contribution in [3.8, 4) is 11.8 Å². The number of hydrogen-bond acceptors (Lipinski definition) is 2. The van der Waals surface area contributed by atoms with E-state index in [2.05, 4.69) is 89.1 Å². The molecule has 1 aromatic rings. The molecule has 3 heteroatoms. The Bertz CT molecular complexity index is 966. The van der Waals surface area contributed by atoms with Crippen LogP contribution in [0, 0.1) is 22.7 Å². The molecule has 0 N–H and O–H groups in total. The maximum Gasteiger partial charge on any atom is 0.192 e. The minimum absolute atomic E-state index is 0.0780. The maximum atomic E-state index is 12.5. The first kappa shape index (κ1) is 27.7. The van der Waals surface area contributed by atoms with E-state index in [1.54, 1.807) is 0 Å². The lowest BCUT2D eigenvalue weighted by molar-refractivity contribution is -0.127. The van der Waals surface area contributed by atoms with Crippen LogP contribution in [-0.2, 0) is 9.22 Å². The van der Waals surface area contributed by atoms with Crippen LogP contribution in [0.25, 0.3) is 0 Å². The second-order valence-electron chi connectivity index (χ2n) is 12.6. The van der Waals surface area contributed by atoms with Crippen LogP contribution in [0.5, 0.6) is 0 Å². The molecule has 2 atom stereocenters. The third-order valence-corrected chi connectivity index (χ3v) is 13.2. The van der Waals surface area contributed by atoms with Gasteiger partial charge in [0.1, 0.15) is 5.78 Å². The second-order valence-corrected chi connectivity index (χ2v) is 17.4. The molecule has 2 fully saturated rings. The number of rotatable bonds is 8. The van der Waals surface area contributed by atoms with Gasteiger partial charge in [0.25, 0.3) is 0 Å². The molecular weight excluding hydrogens is 444 g/mol. The summed E-state index contributed by atoms with van der Waals surface area (Å²) < 4.78 is 6.94. The lowest BCUT2D eigenvalue weighted by Crippen LogP contribution is -2.45. The number of hydrogen-bond donors (Lipinski definition) is 0. The van der Waals surface area contributed by atoms with Crippen LogP contribution in [0.2, 0.25) is 18.1 Å². The summed E-state index contributed by atoms with van der Waals surface area (Å²) in [7, 11) is -1.92. The van der Waals surface area contributed by atoms with Crippen LogP contribution in [0.1, 0.15) is 91.0 Å². The van der Waals surface area contributed by atoms with Crippen LogP contribution in [0.4, 0.5) is 0 Å². The molecule has 0 radical (unpaired) electrons. The smallest absolute Gasteiger partial charge is 0.192 e. The first-order chi connectivity index (χ1) is 16.4. The van der Waals surface area contributed by atoms with Gasteiger partial charge in [-0.1, -0.05) is 88.0 Å². The van der Waals surface area contributed by atoms with Gasteiger partial charge in [-0.25, -0.2) is 0 Å². The third kappa shape index (κ3) is 7.54. The highest BCUT2D eigenvalue weighted by Gasteiger charge is 2.43. The number of benzene rings is 1. The Morgan fingerprint density at radius 3 is 2.37 bits per heavy atom. The van der Waals surface area contributed by atoms with E-state index in [0.29, 0.717) is 12.2 Å². The van der Waals surface area contributed by atoms with Crippen LogP contribution in [0.3, 0.4) is 0 Å². The normalized spacial score (nSPS) is 23.7. The summed E-state index contributed by atoms with van der Waals surface area (Å²) in [5.41, 5.74) is 1.03. The molecular formula is C32H46O2Si. The SMILES string of the molecule is CC(C)(C)[Si](C)(C)OC(/C=C/C=C/[C@]1(C)CCCCC1=O)CC1(CC#Cc2ccccc2)CCC1. The van der Waals surface area contributed by atoms with Crippen molar-refractivity contribution >= 4 is 14.1 Å². The van der Waals surface area contributed by atoms with Crippen molar-refractivity contribution in [2.24, 2.45) is 10.8 Å². The predicted molar refractivity (Wildman–Crippen MR) is 151 cm³/mol. The van der Waals surface area contributed by atoms with E-state index in [1.165, 1.54) is 19.3 Å². The fraction of sp³-hybridized carbons (Fsp3) is 0.594. The van der Waals surface area contributed by atoms with Gasteiger partial charge in [0.05, 0.1) is 6.10 Å². The van der Waals surface area contributed by atoms with Gasteiger partial charge < -0.3 is 4.43 Å². The third-order valence-electron chi connectivity index (χ3n) is 8.66. The molecule has 2 saturated carbocycles. The lowest BCUT2D eigenvalue weighted by atomic mass is 9.64. The molecule has 0 amide bonds. The Kier molecular flexibility index (Phi) is 9.05. The van der Waals surface area contributed by atoms with Gasteiger partial charge in [-0.2, -0.15) is 0 Å². The average molecular weight is 491 g/mol. The summed E-state index contributed by atoms with van der Waals surface area (Å²) in [6.07, 6.45) is 18.2. The van der Waals surface area contributed by atoms with Crippen molar-refractivity contribution in [1.82, 2.24) is 0 Å². The summed E-state index contributed by atoms with van der Waals surface area (Å²) >= 11 is 0. The van der Waals surface area contributed by atoms with E-state index in [-0.39, 0.29) is 22.0 Å². The van der Waals surface area contributed by atoms with Crippen molar-refractivity contribution in [2.45, 2.75) is 110 Å². The van der Waals surface area contributed by atoms with E-state index < -0.39 is 8.32 Å². The van der Waals surface area contributed by atoms with E-state index in [9.17, 15) is 4.79 Å². The van der Waals surface area contributed by atoms with E-state index >= 15 is 0 Å².